The number of ether oxygens (including phenoxy) is 1. The van der Waals surface area contributed by atoms with E-state index in [1.54, 1.807) is 7.11 Å². The lowest BCUT2D eigenvalue weighted by Gasteiger charge is -2.25. The Balaban J connectivity index is 1.87. The number of rotatable bonds is 5. The fraction of sp³-hybridized carbons (Fsp3) is 0.529. The minimum absolute atomic E-state index is 0.00599. The van der Waals surface area contributed by atoms with Crippen molar-refractivity contribution in [3.05, 3.63) is 29.3 Å². The number of carbonyl (C=O) groups excluding carboxylic acids is 1. The number of methoxy groups -OCH3 is 1. The molecule has 0 spiro atoms. The molecule has 5 heteroatoms. The number of amides is 1. The van der Waals surface area contributed by atoms with Gasteiger partial charge in [0.25, 0.3) is 0 Å². The van der Waals surface area contributed by atoms with Crippen LogP contribution in [0.1, 0.15) is 36.8 Å². The van der Waals surface area contributed by atoms with Crippen LogP contribution < -0.4 is 10.1 Å². The average molecular weight is 305 g/mol. The van der Waals surface area contributed by atoms with Crippen molar-refractivity contribution < 1.29 is 19.4 Å². The standard InChI is InChI=1S/C17H23NO4/c1-11-3-4-14(15(9-11)22-2)10-18-16(19)12-5-7-13(8-6-12)17(20)21/h3-4,9,12-13H,5-8,10H2,1-2H3,(H,18,19)(H,20,21). The SMILES string of the molecule is COc1cc(C)ccc1CNC(=O)C1CCC(C(=O)O)CC1. The van der Waals surface area contributed by atoms with Gasteiger partial charge in [-0.05, 0) is 44.2 Å². The second kappa shape index (κ2) is 7.29. The molecule has 0 heterocycles. The number of nitrogens with one attached hydrogen (secondary N) is 1. The van der Waals surface area contributed by atoms with E-state index in [1.807, 2.05) is 25.1 Å². The van der Waals surface area contributed by atoms with Crippen molar-refractivity contribution in [3.63, 3.8) is 0 Å². The summed E-state index contributed by atoms with van der Waals surface area (Å²) in [6, 6.07) is 5.89. The van der Waals surface area contributed by atoms with Gasteiger partial charge in [-0.1, -0.05) is 12.1 Å². The third kappa shape index (κ3) is 4.00. The van der Waals surface area contributed by atoms with Crippen molar-refractivity contribution in [1.82, 2.24) is 5.32 Å². The van der Waals surface area contributed by atoms with Gasteiger partial charge in [0.05, 0.1) is 13.0 Å². The monoisotopic (exact) mass is 305 g/mol. The molecule has 1 aliphatic carbocycles. The van der Waals surface area contributed by atoms with Crippen LogP contribution in [0.4, 0.5) is 0 Å². The van der Waals surface area contributed by atoms with Crippen LogP contribution in [0.5, 0.6) is 5.75 Å². The maximum atomic E-state index is 12.2. The predicted molar refractivity (Wildman–Crippen MR) is 82.7 cm³/mol. The zero-order valence-corrected chi connectivity index (χ0v) is 13.1. The fourth-order valence-corrected chi connectivity index (χ4v) is 2.93. The molecule has 2 rings (SSSR count). The lowest BCUT2D eigenvalue weighted by Crippen LogP contribution is -2.34. The molecule has 22 heavy (non-hydrogen) atoms. The Morgan fingerprint density at radius 2 is 1.86 bits per heavy atom. The normalized spacial score (nSPS) is 21.2. The number of benzene rings is 1. The first-order valence-electron chi connectivity index (χ1n) is 7.65. The summed E-state index contributed by atoms with van der Waals surface area (Å²) in [7, 11) is 1.62. The van der Waals surface area contributed by atoms with Gasteiger partial charge in [-0.15, -0.1) is 0 Å². The summed E-state index contributed by atoms with van der Waals surface area (Å²) in [4.78, 5) is 23.1. The van der Waals surface area contributed by atoms with E-state index >= 15 is 0 Å². The summed E-state index contributed by atoms with van der Waals surface area (Å²) in [5, 5.41) is 11.9. The van der Waals surface area contributed by atoms with Gasteiger partial charge in [-0.2, -0.15) is 0 Å². The van der Waals surface area contributed by atoms with Crippen LogP contribution in [0.15, 0.2) is 18.2 Å². The molecule has 120 valence electrons. The molecular formula is C17H23NO4. The van der Waals surface area contributed by atoms with Crippen LogP contribution in [0.2, 0.25) is 0 Å². The van der Waals surface area contributed by atoms with Crippen molar-refractivity contribution in [3.8, 4) is 5.75 Å². The number of carboxylic acids is 1. The third-order valence-corrected chi connectivity index (χ3v) is 4.34. The summed E-state index contributed by atoms with van der Waals surface area (Å²) in [6.07, 6.45) is 2.46. The van der Waals surface area contributed by atoms with Crippen molar-refractivity contribution in [1.29, 1.82) is 0 Å². The van der Waals surface area contributed by atoms with Crippen LogP contribution in [0.25, 0.3) is 0 Å². The van der Waals surface area contributed by atoms with Gasteiger partial charge in [0.2, 0.25) is 5.91 Å². The molecular weight excluding hydrogens is 282 g/mol. The van der Waals surface area contributed by atoms with E-state index in [0.717, 1.165) is 16.9 Å². The second-order valence-electron chi connectivity index (χ2n) is 5.92. The molecule has 1 aliphatic rings. The Morgan fingerprint density at radius 3 is 2.45 bits per heavy atom. The summed E-state index contributed by atoms with van der Waals surface area (Å²) in [5.74, 6) is -0.335. The molecule has 0 radical (unpaired) electrons. The molecule has 1 aromatic rings. The van der Waals surface area contributed by atoms with E-state index in [-0.39, 0.29) is 17.7 Å². The highest BCUT2D eigenvalue weighted by atomic mass is 16.5. The Bertz CT molecular complexity index is 548. The highest BCUT2D eigenvalue weighted by molar-refractivity contribution is 5.79. The molecule has 0 bridgehead atoms. The number of aliphatic carboxylic acids is 1. The average Bonchev–Trinajstić information content (AvgIpc) is 2.53. The van der Waals surface area contributed by atoms with Gasteiger partial charge in [0.1, 0.15) is 5.75 Å². The first kappa shape index (κ1) is 16.3. The molecule has 1 fully saturated rings. The number of hydrogen-bond acceptors (Lipinski definition) is 3. The van der Waals surface area contributed by atoms with E-state index in [0.29, 0.717) is 32.2 Å². The summed E-state index contributed by atoms with van der Waals surface area (Å²) in [6.45, 7) is 2.42. The van der Waals surface area contributed by atoms with E-state index in [1.165, 1.54) is 0 Å². The summed E-state index contributed by atoms with van der Waals surface area (Å²) >= 11 is 0. The molecule has 0 aromatic heterocycles. The maximum absolute atomic E-state index is 12.2. The van der Waals surface area contributed by atoms with Crippen molar-refractivity contribution >= 4 is 11.9 Å². The maximum Gasteiger partial charge on any atom is 0.306 e. The van der Waals surface area contributed by atoms with Gasteiger partial charge < -0.3 is 15.2 Å². The molecule has 0 atom stereocenters. The van der Waals surface area contributed by atoms with Crippen LogP contribution in [0, 0.1) is 18.8 Å². The fourth-order valence-electron chi connectivity index (χ4n) is 2.93. The Hall–Kier alpha value is -2.04. The lowest BCUT2D eigenvalue weighted by molar-refractivity contribution is -0.144. The molecule has 1 aromatic carbocycles. The van der Waals surface area contributed by atoms with Gasteiger partial charge >= 0.3 is 5.97 Å². The number of hydrogen-bond donors (Lipinski definition) is 2. The highest BCUT2D eigenvalue weighted by Gasteiger charge is 2.29. The van der Waals surface area contributed by atoms with Crippen molar-refractivity contribution in [2.45, 2.75) is 39.2 Å². The minimum Gasteiger partial charge on any atom is -0.496 e. The van der Waals surface area contributed by atoms with Crippen LogP contribution in [-0.2, 0) is 16.1 Å². The number of carbonyl (C=O) groups is 2. The van der Waals surface area contributed by atoms with E-state index in [2.05, 4.69) is 5.32 Å². The van der Waals surface area contributed by atoms with Gasteiger partial charge in [-0.3, -0.25) is 9.59 Å². The molecule has 5 nitrogen and oxygen atoms in total. The highest BCUT2D eigenvalue weighted by Crippen LogP contribution is 2.29. The first-order valence-corrected chi connectivity index (χ1v) is 7.65. The third-order valence-electron chi connectivity index (χ3n) is 4.34. The smallest absolute Gasteiger partial charge is 0.306 e. The Labute approximate surface area is 130 Å². The van der Waals surface area contributed by atoms with Gasteiger partial charge in [0, 0.05) is 18.0 Å². The quantitative estimate of drug-likeness (QED) is 0.876. The zero-order chi connectivity index (χ0) is 16.1. The summed E-state index contributed by atoms with van der Waals surface area (Å²) < 4.78 is 5.33. The first-order chi connectivity index (χ1) is 10.5. The minimum atomic E-state index is -0.747. The van der Waals surface area contributed by atoms with Crippen molar-refractivity contribution in [2.75, 3.05) is 7.11 Å². The Kier molecular flexibility index (Phi) is 5.41. The second-order valence-corrected chi connectivity index (χ2v) is 5.92. The van der Waals surface area contributed by atoms with Gasteiger partial charge in [-0.25, -0.2) is 0 Å². The molecule has 0 aliphatic heterocycles. The molecule has 1 amide bonds. The van der Waals surface area contributed by atoms with E-state index in [9.17, 15) is 9.59 Å². The van der Waals surface area contributed by atoms with Crippen LogP contribution >= 0.6 is 0 Å². The molecule has 0 saturated heterocycles. The number of aryl methyl sites for hydroxylation is 1. The predicted octanol–water partition coefficient (Wildman–Crippen LogP) is 2.51. The molecule has 0 unspecified atom stereocenters. The largest absolute Gasteiger partial charge is 0.496 e. The van der Waals surface area contributed by atoms with Crippen molar-refractivity contribution in [2.24, 2.45) is 11.8 Å². The van der Waals surface area contributed by atoms with E-state index in [4.69, 9.17) is 9.84 Å². The van der Waals surface area contributed by atoms with Gasteiger partial charge in [0.15, 0.2) is 0 Å². The topological polar surface area (TPSA) is 75.6 Å². The lowest BCUT2D eigenvalue weighted by atomic mass is 9.81. The summed E-state index contributed by atoms with van der Waals surface area (Å²) in [5.41, 5.74) is 2.06. The number of carboxylic acid groups (broad SMARTS) is 1. The molecule has 1 saturated carbocycles. The van der Waals surface area contributed by atoms with Crippen LogP contribution in [-0.4, -0.2) is 24.1 Å². The van der Waals surface area contributed by atoms with E-state index < -0.39 is 5.97 Å². The van der Waals surface area contributed by atoms with Crippen LogP contribution in [0.3, 0.4) is 0 Å². The Morgan fingerprint density at radius 1 is 1.23 bits per heavy atom. The zero-order valence-electron chi connectivity index (χ0n) is 13.1. The molecule has 2 N–H and O–H groups in total.